The molecule has 0 radical (unpaired) electrons. The summed E-state index contributed by atoms with van der Waals surface area (Å²) in [6, 6.07) is 32.5. The third kappa shape index (κ3) is 3.42. The molecule has 4 aromatic carbocycles. The van der Waals surface area contributed by atoms with Crippen LogP contribution in [-0.2, 0) is 6.61 Å². The Morgan fingerprint density at radius 3 is 1.93 bits per heavy atom. The molecule has 0 fully saturated rings. The minimum Gasteiger partial charge on any atom is -0.489 e. The van der Waals surface area contributed by atoms with Crippen molar-refractivity contribution < 1.29 is 9.47 Å². The van der Waals surface area contributed by atoms with Gasteiger partial charge in [-0.3, -0.25) is 0 Å². The predicted molar refractivity (Wildman–Crippen MR) is 122 cm³/mol. The van der Waals surface area contributed by atoms with E-state index in [1.807, 2.05) is 66.7 Å². The van der Waals surface area contributed by atoms with E-state index < -0.39 is 0 Å². The van der Waals surface area contributed by atoms with E-state index in [0.29, 0.717) is 6.61 Å². The molecule has 0 bridgehead atoms. The molecule has 146 valence electrons. The number of ether oxygens (including phenoxy) is 2. The summed E-state index contributed by atoms with van der Waals surface area (Å²) in [4.78, 5) is 2.21. The van der Waals surface area contributed by atoms with Crippen LogP contribution in [0.15, 0.2) is 104 Å². The van der Waals surface area contributed by atoms with Crippen molar-refractivity contribution in [1.82, 2.24) is 0 Å². The highest BCUT2D eigenvalue weighted by molar-refractivity contribution is 5.86. The lowest BCUT2D eigenvalue weighted by Crippen LogP contribution is -2.15. The van der Waals surface area contributed by atoms with Gasteiger partial charge in [-0.05, 0) is 59.7 Å². The average Bonchev–Trinajstić information content (AvgIpc) is 2.82. The third-order valence-electron chi connectivity index (χ3n) is 5.15. The van der Waals surface area contributed by atoms with E-state index >= 15 is 0 Å². The maximum atomic E-state index is 6.08. The molecule has 0 saturated carbocycles. The van der Waals surface area contributed by atoms with Gasteiger partial charge >= 0.3 is 0 Å². The fraction of sp³-hybridized carbons (Fsp3) is 0.0370. The first-order chi connectivity index (χ1) is 14.8. The molecule has 0 atom stereocenters. The van der Waals surface area contributed by atoms with Crippen LogP contribution < -0.4 is 14.4 Å². The highest BCUT2D eigenvalue weighted by Gasteiger charge is 2.24. The smallest absolute Gasteiger partial charge is 0.151 e. The van der Waals surface area contributed by atoms with Gasteiger partial charge in [0.2, 0.25) is 0 Å². The van der Waals surface area contributed by atoms with E-state index in [1.54, 1.807) is 0 Å². The second kappa shape index (κ2) is 7.80. The molecule has 30 heavy (non-hydrogen) atoms. The zero-order valence-electron chi connectivity index (χ0n) is 16.5. The van der Waals surface area contributed by atoms with Gasteiger partial charge in [-0.1, -0.05) is 61.2 Å². The Kier molecular flexibility index (Phi) is 4.70. The van der Waals surface area contributed by atoms with Crippen molar-refractivity contribution in [3.63, 3.8) is 0 Å². The highest BCUT2D eigenvalue weighted by Crippen LogP contribution is 2.50. The van der Waals surface area contributed by atoms with E-state index in [2.05, 4.69) is 47.9 Å². The molecule has 0 aromatic heterocycles. The van der Waals surface area contributed by atoms with Gasteiger partial charge in [-0.15, -0.1) is 0 Å². The average molecular weight is 391 g/mol. The van der Waals surface area contributed by atoms with Gasteiger partial charge in [-0.2, -0.15) is 0 Å². The van der Waals surface area contributed by atoms with Crippen LogP contribution in [0.25, 0.3) is 6.08 Å². The van der Waals surface area contributed by atoms with Crippen LogP contribution in [0.1, 0.15) is 11.1 Å². The fourth-order valence-electron chi connectivity index (χ4n) is 3.59. The lowest BCUT2D eigenvalue weighted by atomic mass is 10.1. The minimum absolute atomic E-state index is 0.528. The number of fused-ring (bicyclic) bond motifs is 2. The SMILES string of the molecule is C=Cc1ccc(COc2ccc(N3c4ccccc4Oc4ccccc43)cc2)cc1. The molecule has 3 nitrogen and oxygen atoms in total. The molecular weight excluding hydrogens is 370 g/mol. The van der Waals surface area contributed by atoms with Crippen LogP contribution in [0.2, 0.25) is 0 Å². The second-order valence-corrected chi connectivity index (χ2v) is 7.10. The van der Waals surface area contributed by atoms with Crippen molar-refractivity contribution >= 4 is 23.1 Å². The molecule has 4 aromatic rings. The summed E-state index contributed by atoms with van der Waals surface area (Å²) in [6.07, 6.45) is 1.84. The molecule has 1 heterocycles. The maximum Gasteiger partial charge on any atom is 0.151 e. The first-order valence-electron chi connectivity index (χ1n) is 9.92. The van der Waals surface area contributed by atoms with E-state index in [-0.39, 0.29) is 0 Å². The molecule has 5 rings (SSSR count). The summed E-state index contributed by atoms with van der Waals surface area (Å²) in [7, 11) is 0. The Morgan fingerprint density at radius 2 is 1.33 bits per heavy atom. The summed E-state index contributed by atoms with van der Waals surface area (Å²) in [5, 5.41) is 0. The predicted octanol–water partition coefficient (Wildman–Crippen LogP) is 7.48. The fourth-order valence-corrected chi connectivity index (χ4v) is 3.59. The first-order valence-corrected chi connectivity index (χ1v) is 9.92. The number of nitrogens with zero attached hydrogens (tertiary/aromatic N) is 1. The molecule has 1 aliphatic heterocycles. The van der Waals surface area contributed by atoms with Gasteiger partial charge < -0.3 is 14.4 Å². The van der Waals surface area contributed by atoms with E-state index in [9.17, 15) is 0 Å². The molecule has 0 unspecified atom stereocenters. The van der Waals surface area contributed by atoms with E-state index in [4.69, 9.17) is 9.47 Å². The lowest BCUT2D eigenvalue weighted by Gasteiger charge is -2.32. The molecule has 3 heteroatoms. The molecule has 0 amide bonds. The molecule has 0 aliphatic carbocycles. The Labute approximate surface area is 176 Å². The summed E-state index contributed by atoms with van der Waals surface area (Å²) in [5.41, 5.74) is 5.33. The molecule has 0 saturated heterocycles. The maximum absolute atomic E-state index is 6.08. The number of para-hydroxylation sites is 4. The van der Waals surface area contributed by atoms with Crippen LogP contribution >= 0.6 is 0 Å². The Bertz CT molecular complexity index is 1130. The lowest BCUT2D eigenvalue weighted by molar-refractivity contribution is 0.306. The van der Waals surface area contributed by atoms with Gasteiger partial charge in [0.25, 0.3) is 0 Å². The van der Waals surface area contributed by atoms with Crippen molar-refractivity contribution in [1.29, 1.82) is 0 Å². The summed E-state index contributed by atoms with van der Waals surface area (Å²) >= 11 is 0. The zero-order valence-corrected chi connectivity index (χ0v) is 16.5. The van der Waals surface area contributed by atoms with Crippen molar-refractivity contribution in [2.75, 3.05) is 4.90 Å². The number of hydrogen-bond acceptors (Lipinski definition) is 3. The van der Waals surface area contributed by atoms with Crippen LogP contribution in [0.5, 0.6) is 17.2 Å². The first kappa shape index (κ1) is 18.1. The normalized spacial score (nSPS) is 11.8. The second-order valence-electron chi connectivity index (χ2n) is 7.10. The Hall–Kier alpha value is -3.98. The molecule has 0 N–H and O–H groups in total. The van der Waals surface area contributed by atoms with Crippen LogP contribution in [0.3, 0.4) is 0 Å². The Balaban J connectivity index is 1.40. The van der Waals surface area contributed by atoms with Gasteiger partial charge in [0.15, 0.2) is 11.5 Å². The van der Waals surface area contributed by atoms with Gasteiger partial charge in [0.05, 0.1) is 11.4 Å². The van der Waals surface area contributed by atoms with Crippen molar-refractivity contribution in [2.45, 2.75) is 6.61 Å². The quantitative estimate of drug-likeness (QED) is 0.310. The number of rotatable bonds is 5. The largest absolute Gasteiger partial charge is 0.489 e. The summed E-state index contributed by atoms with van der Waals surface area (Å²) in [6.45, 7) is 4.31. The van der Waals surface area contributed by atoms with Gasteiger partial charge in [-0.25, -0.2) is 0 Å². The van der Waals surface area contributed by atoms with Gasteiger partial charge in [0, 0.05) is 5.69 Å². The summed E-state index contributed by atoms with van der Waals surface area (Å²) < 4.78 is 12.1. The standard InChI is InChI=1S/C27H21NO2/c1-2-20-11-13-21(14-12-20)19-29-23-17-15-22(16-18-23)28-24-7-3-5-9-26(24)30-27-10-6-4-8-25(27)28/h2-18H,1,19H2. The molecule has 0 spiro atoms. The van der Waals surface area contributed by atoms with Crippen molar-refractivity contribution in [3.05, 3.63) is 115 Å². The molecule has 1 aliphatic rings. The Morgan fingerprint density at radius 1 is 0.733 bits per heavy atom. The minimum atomic E-state index is 0.528. The van der Waals surface area contributed by atoms with Gasteiger partial charge in [0.1, 0.15) is 12.4 Å². The monoisotopic (exact) mass is 391 g/mol. The summed E-state index contributed by atoms with van der Waals surface area (Å²) in [5.74, 6) is 2.53. The van der Waals surface area contributed by atoms with E-state index in [1.165, 1.54) is 0 Å². The van der Waals surface area contributed by atoms with Crippen LogP contribution in [-0.4, -0.2) is 0 Å². The zero-order chi connectivity index (χ0) is 20.3. The van der Waals surface area contributed by atoms with Crippen LogP contribution in [0.4, 0.5) is 17.1 Å². The number of anilines is 3. The number of benzene rings is 4. The van der Waals surface area contributed by atoms with Crippen LogP contribution in [0, 0.1) is 0 Å². The van der Waals surface area contributed by atoms with Crippen molar-refractivity contribution in [2.24, 2.45) is 0 Å². The topological polar surface area (TPSA) is 21.7 Å². The van der Waals surface area contributed by atoms with E-state index in [0.717, 1.165) is 45.4 Å². The van der Waals surface area contributed by atoms with Crippen molar-refractivity contribution in [3.8, 4) is 17.2 Å². The molecular formula is C27H21NO2. The number of hydrogen-bond donors (Lipinski definition) is 0. The highest BCUT2D eigenvalue weighted by atomic mass is 16.5. The third-order valence-corrected chi connectivity index (χ3v) is 5.15.